The Morgan fingerprint density at radius 3 is 2.38 bits per heavy atom. The van der Waals surface area contributed by atoms with Gasteiger partial charge in [-0.15, -0.1) is 0 Å². The maximum Gasteiger partial charge on any atom is 0.363 e. The first-order chi connectivity index (χ1) is 15.6. The fourth-order valence-electron chi connectivity index (χ4n) is 2.95. The standard InChI is InChI=1S/C26H19NO5/c1-30-21-14-12-19(13-15-21)25(28)31-23-10-6-5-9-20(23)17-22-26(29)32-24(27-22)16-11-18-7-3-2-4-8-18/h2-17H,1H3/b16-11+,22-17+. The molecular weight excluding hydrogens is 406 g/mol. The molecule has 6 heteroatoms. The van der Waals surface area contributed by atoms with E-state index in [1.807, 2.05) is 30.3 Å². The molecule has 0 amide bonds. The number of para-hydroxylation sites is 1. The molecule has 0 saturated carbocycles. The number of nitrogens with zero attached hydrogens (tertiary/aromatic N) is 1. The van der Waals surface area contributed by atoms with Crippen LogP contribution in [0.25, 0.3) is 12.2 Å². The van der Waals surface area contributed by atoms with Crippen LogP contribution in [0, 0.1) is 0 Å². The van der Waals surface area contributed by atoms with Gasteiger partial charge in [0.1, 0.15) is 11.5 Å². The molecule has 0 fully saturated rings. The maximum absolute atomic E-state index is 12.5. The molecule has 3 aromatic rings. The molecule has 1 heterocycles. The number of carbonyl (C=O) groups excluding carboxylic acids is 2. The average molecular weight is 425 g/mol. The SMILES string of the molecule is COc1ccc(C(=O)Oc2ccccc2/C=C2N=C(/C=C/c3ccccc3)OC/2=O)cc1. The molecule has 3 aromatic carbocycles. The van der Waals surface area contributed by atoms with E-state index in [1.165, 1.54) is 6.08 Å². The van der Waals surface area contributed by atoms with Gasteiger partial charge < -0.3 is 14.2 Å². The number of ether oxygens (including phenoxy) is 3. The predicted octanol–water partition coefficient (Wildman–Crippen LogP) is 4.92. The summed E-state index contributed by atoms with van der Waals surface area (Å²) in [5.74, 6) is 0.0350. The van der Waals surface area contributed by atoms with E-state index in [-0.39, 0.29) is 11.6 Å². The minimum Gasteiger partial charge on any atom is -0.497 e. The first-order valence-electron chi connectivity index (χ1n) is 9.83. The molecular formula is C26H19NO5. The Morgan fingerprint density at radius 2 is 1.62 bits per heavy atom. The van der Waals surface area contributed by atoms with Crippen LogP contribution >= 0.6 is 0 Å². The number of hydrogen-bond donors (Lipinski definition) is 0. The van der Waals surface area contributed by atoms with Crippen LogP contribution < -0.4 is 9.47 Å². The highest BCUT2D eigenvalue weighted by atomic mass is 16.6. The summed E-state index contributed by atoms with van der Waals surface area (Å²) in [6.07, 6.45) is 4.96. The Labute approximate surface area is 185 Å². The largest absolute Gasteiger partial charge is 0.497 e. The van der Waals surface area contributed by atoms with Gasteiger partial charge in [0.05, 0.1) is 12.7 Å². The van der Waals surface area contributed by atoms with Crippen molar-refractivity contribution in [3.63, 3.8) is 0 Å². The van der Waals surface area contributed by atoms with Gasteiger partial charge in [-0.1, -0.05) is 48.5 Å². The van der Waals surface area contributed by atoms with Gasteiger partial charge in [0.25, 0.3) is 0 Å². The van der Waals surface area contributed by atoms with Crippen molar-refractivity contribution in [2.75, 3.05) is 7.11 Å². The fourth-order valence-corrected chi connectivity index (χ4v) is 2.95. The van der Waals surface area contributed by atoms with E-state index in [0.717, 1.165) is 5.56 Å². The van der Waals surface area contributed by atoms with E-state index in [4.69, 9.17) is 14.2 Å². The third-order valence-corrected chi connectivity index (χ3v) is 4.59. The van der Waals surface area contributed by atoms with Gasteiger partial charge in [-0.05, 0) is 48.0 Å². The van der Waals surface area contributed by atoms with Crippen molar-refractivity contribution in [3.05, 3.63) is 107 Å². The maximum atomic E-state index is 12.5. The lowest BCUT2D eigenvalue weighted by Gasteiger charge is -2.08. The van der Waals surface area contributed by atoms with Gasteiger partial charge in [-0.3, -0.25) is 0 Å². The molecule has 0 bridgehead atoms. The Hall–Kier alpha value is -4.45. The van der Waals surface area contributed by atoms with Gasteiger partial charge in [0.15, 0.2) is 5.70 Å². The Bertz CT molecular complexity index is 1220. The number of cyclic esters (lactones) is 1. The summed E-state index contributed by atoms with van der Waals surface area (Å²) in [6, 6.07) is 23.1. The van der Waals surface area contributed by atoms with Crippen molar-refractivity contribution in [1.82, 2.24) is 0 Å². The number of esters is 2. The van der Waals surface area contributed by atoms with Crippen molar-refractivity contribution >= 4 is 30.0 Å². The summed E-state index contributed by atoms with van der Waals surface area (Å²) in [7, 11) is 1.55. The van der Waals surface area contributed by atoms with Crippen LogP contribution in [0.4, 0.5) is 0 Å². The van der Waals surface area contributed by atoms with Crippen LogP contribution in [0.1, 0.15) is 21.5 Å². The highest BCUT2D eigenvalue weighted by Gasteiger charge is 2.22. The zero-order valence-corrected chi connectivity index (χ0v) is 17.2. The molecule has 0 radical (unpaired) electrons. The van der Waals surface area contributed by atoms with E-state index < -0.39 is 11.9 Å². The Balaban J connectivity index is 1.54. The van der Waals surface area contributed by atoms with Crippen molar-refractivity contribution in [2.24, 2.45) is 4.99 Å². The third kappa shape index (κ3) is 4.99. The van der Waals surface area contributed by atoms with Crippen molar-refractivity contribution in [2.45, 2.75) is 0 Å². The summed E-state index contributed by atoms with van der Waals surface area (Å²) in [5.41, 5.74) is 1.98. The second-order valence-electron chi connectivity index (χ2n) is 6.77. The summed E-state index contributed by atoms with van der Waals surface area (Å²) >= 11 is 0. The van der Waals surface area contributed by atoms with Gasteiger partial charge in [0.2, 0.25) is 5.90 Å². The number of benzene rings is 3. The van der Waals surface area contributed by atoms with Crippen LogP contribution in [-0.4, -0.2) is 24.9 Å². The van der Waals surface area contributed by atoms with Gasteiger partial charge in [-0.25, -0.2) is 14.6 Å². The first kappa shape index (κ1) is 20.8. The minimum absolute atomic E-state index is 0.116. The Morgan fingerprint density at radius 1 is 0.906 bits per heavy atom. The highest BCUT2D eigenvalue weighted by Crippen LogP contribution is 2.25. The third-order valence-electron chi connectivity index (χ3n) is 4.59. The zero-order chi connectivity index (χ0) is 22.3. The molecule has 0 aliphatic carbocycles. The van der Waals surface area contributed by atoms with E-state index in [1.54, 1.807) is 67.8 Å². The number of aliphatic imine (C=N–C) groups is 1. The van der Waals surface area contributed by atoms with E-state index >= 15 is 0 Å². The normalized spacial score (nSPS) is 14.3. The lowest BCUT2D eigenvalue weighted by atomic mass is 10.1. The van der Waals surface area contributed by atoms with Crippen molar-refractivity contribution in [1.29, 1.82) is 0 Å². The topological polar surface area (TPSA) is 74.2 Å². The molecule has 1 aliphatic rings. The first-order valence-corrected chi connectivity index (χ1v) is 9.83. The van der Waals surface area contributed by atoms with Crippen molar-refractivity contribution < 1.29 is 23.8 Å². The lowest BCUT2D eigenvalue weighted by molar-refractivity contribution is -0.129. The zero-order valence-electron chi connectivity index (χ0n) is 17.2. The number of carbonyl (C=O) groups is 2. The summed E-state index contributed by atoms with van der Waals surface area (Å²) in [6.45, 7) is 0. The van der Waals surface area contributed by atoms with Crippen LogP contribution in [0.15, 0.2) is 95.6 Å². The molecule has 0 saturated heterocycles. The lowest BCUT2D eigenvalue weighted by Crippen LogP contribution is -2.09. The second kappa shape index (κ2) is 9.57. The van der Waals surface area contributed by atoms with Crippen LogP contribution in [0.5, 0.6) is 11.5 Å². The molecule has 1 aliphatic heterocycles. The summed E-state index contributed by atoms with van der Waals surface area (Å²) < 4.78 is 15.9. The van der Waals surface area contributed by atoms with Crippen molar-refractivity contribution in [3.8, 4) is 11.5 Å². The van der Waals surface area contributed by atoms with Gasteiger partial charge in [0, 0.05) is 11.6 Å². The summed E-state index contributed by atoms with van der Waals surface area (Å²) in [5, 5.41) is 0. The Kier molecular flexibility index (Phi) is 6.22. The number of hydrogen-bond acceptors (Lipinski definition) is 6. The molecule has 0 N–H and O–H groups in total. The molecule has 0 atom stereocenters. The molecule has 0 unspecified atom stereocenters. The molecule has 6 nitrogen and oxygen atoms in total. The van der Waals surface area contributed by atoms with E-state index in [0.29, 0.717) is 22.6 Å². The van der Waals surface area contributed by atoms with E-state index in [2.05, 4.69) is 4.99 Å². The second-order valence-corrected chi connectivity index (χ2v) is 6.77. The molecule has 158 valence electrons. The minimum atomic E-state index is -0.575. The molecule has 4 rings (SSSR count). The van der Waals surface area contributed by atoms with Gasteiger partial charge >= 0.3 is 11.9 Å². The molecule has 0 spiro atoms. The summed E-state index contributed by atoms with van der Waals surface area (Å²) in [4.78, 5) is 29.0. The van der Waals surface area contributed by atoms with E-state index in [9.17, 15) is 9.59 Å². The highest BCUT2D eigenvalue weighted by molar-refractivity contribution is 6.11. The van der Waals surface area contributed by atoms with Crippen LogP contribution in [-0.2, 0) is 9.53 Å². The fraction of sp³-hybridized carbons (Fsp3) is 0.0385. The molecule has 32 heavy (non-hydrogen) atoms. The smallest absolute Gasteiger partial charge is 0.363 e. The predicted molar refractivity (Wildman–Crippen MR) is 121 cm³/mol. The monoisotopic (exact) mass is 425 g/mol. The van der Waals surface area contributed by atoms with Crippen LogP contribution in [0.3, 0.4) is 0 Å². The quantitative estimate of drug-likeness (QED) is 0.318. The van der Waals surface area contributed by atoms with Crippen LogP contribution in [0.2, 0.25) is 0 Å². The number of rotatable bonds is 6. The average Bonchev–Trinajstić information content (AvgIpc) is 3.18. The number of methoxy groups -OCH3 is 1. The molecule has 0 aromatic heterocycles. The van der Waals surface area contributed by atoms with Gasteiger partial charge in [-0.2, -0.15) is 0 Å².